The summed E-state index contributed by atoms with van der Waals surface area (Å²) in [6.07, 6.45) is 3.47. The van der Waals surface area contributed by atoms with Gasteiger partial charge in [-0.1, -0.05) is 42.5 Å². The molecule has 0 saturated carbocycles. The Morgan fingerprint density at radius 3 is 2.58 bits per heavy atom. The number of aliphatic imine (C=N–C) groups is 1. The SMILES string of the molecule is CCNC(=NCc1cccc(C(=O)N2CCCCC2)c1)NCCC(O)c1ccccc1. The molecule has 2 aromatic rings. The fourth-order valence-corrected chi connectivity index (χ4v) is 3.76. The third kappa shape index (κ3) is 7.10. The normalized spacial score (nSPS) is 15.4. The van der Waals surface area contributed by atoms with Crippen LogP contribution in [0.25, 0.3) is 0 Å². The smallest absolute Gasteiger partial charge is 0.253 e. The van der Waals surface area contributed by atoms with Gasteiger partial charge >= 0.3 is 0 Å². The van der Waals surface area contributed by atoms with Gasteiger partial charge in [0, 0.05) is 31.7 Å². The lowest BCUT2D eigenvalue weighted by molar-refractivity contribution is 0.0724. The van der Waals surface area contributed by atoms with Crippen molar-refractivity contribution in [2.45, 2.75) is 45.3 Å². The largest absolute Gasteiger partial charge is 0.388 e. The van der Waals surface area contributed by atoms with Crippen molar-refractivity contribution < 1.29 is 9.90 Å². The van der Waals surface area contributed by atoms with E-state index in [2.05, 4.69) is 15.6 Å². The summed E-state index contributed by atoms with van der Waals surface area (Å²) in [6, 6.07) is 17.4. The highest BCUT2D eigenvalue weighted by atomic mass is 16.3. The number of guanidine groups is 1. The topological polar surface area (TPSA) is 77.0 Å². The average molecular weight is 423 g/mol. The van der Waals surface area contributed by atoms with Crippen LogP contribution in [0.1, 0.15) is 60.2 Å². The Kier molecular flexibility index (Phi) is 8.91. The van der Waals surface area contributed by atoms with Crippen LogP contribution < -0.4 is 10.6 Å². The minimum atomic E-state index is -0.506. The molecule has 2 aromatic carbocycles. The first-order valence-electron chi connectivity index (χ1n) is 11.3. The van der Waals surface area contributed by atoms with Crippen molar-refractivity contribution in [3.05, 3.63) is 71.3 Å². The standard InChI is InChI=1S/C25H34N4O2/c1-2-26-25(27-15-14-23(30)21-11-5-3-6-12-21)28-19-20-10-9-13-22(18-20)24(31)29-16-7-4-8-17-29/h3,5-6,9-13,18,23,30H,2,4,7-8,14-17,19H2,1H3,(H2,26,27,28). The van der Waals surface area contributed by atoms with Crippen molar-refractivity contribution in [2.24, 2.45) is 4.99 Å². The predicted octanol–water partition coefficient (Wildman–Crippen LogP) is 3.49. The number of hydrogen-bond donors (Lipinski definition) is 3. The molecule has 1 aliphatic rings. The molecule has 1 aliphatic heterocycles. The lowest BCUT2D eigenvalue weighted by atomic mass is 10.1. The maximum Gasteiger partial charge on any atom is 0.253 e. The predicted molar refractivity (Wildman–Crippen MR) is 125 cm³/mol. The van der Waals surface area contributed by atoms with Gasteiger partial charge in [-0.15, -0.1) is 0 Å². The lowest BCUT2D eigenvalue weighted by Gasteiger charge is -2.26. The first-order valence-corrected chi connectivity index (χ1v) is 11.3. The van der Waals surface area contributed by atoms with Gasteiger partial charge in [0.2, 0.25) is 0 Å². The van der Waals surface area contributed by atoms with Gasteiger partial charge in [0.15, 0.2) is 5.96 Å². The van der Waals surface area contributed by atoms with Crippen molar-refractivity contribution in [1.29, 1.82) is 0 Å². The van der Waals surface area contributed by atoms with Crippen LogP contribution in [0.5, 0.6) is 0 Å². The third-order valence-corrected chi connectivity index (χ3v) is 5.48. The molecule has 1 fully saturated rings. The fraction of sp³-hybridized carbons (Fsp3) is 0.440. The van der Waals surface area contributed by atoms with Crippen LogP contribution in [0.3, 0.4) is 0 Å². The highest BCUT2D eigenvalue weighted by Crippen LogP contribution is 2.16. The van der Waals surface area contributed by atoms with Crippen LogP contribution in [-0.2, 0) is 6.54 Å². The first-order chi connectivity index (χ1) is 15.2. The van der Waals surface area contributed by atoms with E-state index in [1.165, 1.54) is 6.42 Å². The van der Waals surface area contributed by atoms with Gasteiger partial charge in [-0.25, -0.2) is 4.99 Å². The molecule has 6 heteroatoms. The number of rotatable bonds is 8. The van der Waals surface area contributed by atoms with Gasteiger partial charge in [-0.2, -0.15) is 0 Å². The molecule has 1 heterocycles. The van der Waals surface area contributed by atoms with Crippen molar-refractivity contribution in [2.75, 3.05) is 26.2 Å². The molecule has 1 atom stereocenters. The van der Waals surface area contributed by atoms with Gasteiger partial charge in [0.1, 0.15) is 0 Å². The summed E-state index contributed by atoms with van der Waals surface area (Å²) in [6.45, 7) is 5.57. The van der Waals surface area contributed by atoms with E-state index in [0.29, 0.717) is 25.5 Å². The molecular formula is C25H34N4O2. The van der Waals surface area contributed by atoms with E-state index in [-0.39, 0.29) is 5.91 Å². The van der Waals surface area contributed by atoms with Gasteiger partial charge in [0.05, 0.1) is 12.6 Å². The number of amides is 1. The van der Waals surface area contributed by atoms with E-state index < -0.39 is 6.10 Å². The zero-order valence-corrected chi connectivity index (χ0v) is 18.4. The second kappa shape index (κ2) is 12.1. The van der Waals surface area contributed by atoms with Crippen molar-refractivity contribution in [3.63, 3.8) is 0 Å². The molecule has 6 nitrogen and oxygen atoms in total. The summed E-state index contributed by atoms with van der Waals surface area (Å²) in [5, 5.41) is 16.8. The number of aliphatic hydroxyl groups is 1. The Hall–Kier alpha value is -2.86. The molecule has 3 N–H and O–H groups in total. The molecule has 0 aliphatic carbocycles. The summed E-state index contributed by atoms with van der Waals surface area (Å²) in [5.41, 5.74) is 2.66. The number of hydrogen-bond acceptors (Lipinski definition) is 3. The van der Waals surface area contributed by atoms with E-state index >= 15 is 0 Å². The summed E-state index contributed by atoms with van der Waals surface area (Å²) in [7, 11) is 0. The number of aliphatic hydroxyl groups excluding tert-OH is 1. The number of carbonyl (C=O) groups is 1. The summed E-state index contributed by atoms with van der Waals surface area (Å²) < 4.78 is 0. The summed E-state index contributed by atoms with van der Waals surface area (Å²) in [4.78, 5) is 19.4. The number of nitrogens with one attached hydrogen (secondary N) is 2. The van der Waals surface area contributed by atoms with Gasteiger partial charge in [-0.05, 0) is 55.9 Å². The second-order valence-corrected chi connectivity index (χ2v) is 7.89. The Bertz CT molecular complexity index is 848. The third-order valence-electron chi connectivity index (χ3n) is 5.48. The molecule has 31 heavy (non-hydrogen) atoms. The van der Waals surface area contributed by atoms with Crippen LogP contribution in [-0.4, -0.2) is 48.1 Å². The maximum absolute atomic E-state index is 12.8. The highest BCUT2D eigenvalue weighted by molar-refractivity contribution is 5.94. The fourth-order valence-electron chi connectivity index (χ4n) is 3.76. The van der Waals surface area contributed by atoms with E-state index in [4.69, 9.17) is 0 Å². The van der Waals surface area contributed by atoms with E-state index in [9.17, 15) is 9.90 Å². The van der Waals surface area contributed by atoms with Crippen LogP contribution in [0.15, 0.2) is 59.6 Å². The number of piperidine rings is 1. The van der Waals surface area contributed by atoms with Crippen molar-refractivity contribution >= 4 is 11.9 Å². The quantitative estimate of drug-likeness (QED) is 0.450. The van der Waals surface area contributed by atoms with E-state index in [0.717, 1.165) is 49.2 Å². The molecule has 166 valence electrons. The molecule has 0 radical (unpaired) electrons. The molecule has 0 spiro atoms. The van der Waals surface area contributed by atoms with E-state index in [1.54, 1.807) is 0 Å². The van der Waals surface area contributed by atoms with Crippen LogP contribution in [0.4, 0.5) is 0 Å². The molecule has 1 saturated heterocycles. The van der Waals surface area contributed by atoms with Crippen molar-refractivity contribution in [3.8, 4) is 0 Å². The Labute approximate surface area is 185 Å². The first kappa shape index (κ1) is 22.8. The Balaban J connectivity index is 1.55. The minimum Gasteiger partial charge on any atom is -0.388 e. The molecule has 1 unspecified atom stereocenters. The Morgan fingerprint density at radius 1 is 1.06 bits per heavy atom. The van der Waals surface area contributed by atoms with E-state index in [1.807, 2.05) is 66.4 Å². The average Bonchev–Trinajstić information content (AvgIpc) is 2.83. The number of likely N-dealkylation sites (tertiary alicyclic amines) is 1. The molecule has 3 rings (SSSR count). The molecule has 0 aromatic heterocycles. The van der Waals surface area contributed by atoms with Crippen LogP contribution in [0, 0.1) is 0 Å². The number of nitrogens with zero attached hydrogens (tertiary/aromatic N) is 2. The molecule has 0 bridgehead atoms. The Morgan fingerprint density at radius 2 is 1.84 bits per heavy atom. The zero-order valence-electron chi connectivity index (χ0n) is 18.4. The number of benzene rings is 2. The molecular weight excluding hydrogens is 388 g/mol. The van der Waals surface area contributed by atoms with Crippen molar-refractivity contribution in [1.82, 2.24) is 15.5 Å². The minimum absolute atomic E-state index is 0.116. The summed E-state index contributed by atoms with van der Waals surface area (Å²) >= 11 is 0. The van der Waals surface area contributed by atoms with Gasteiger partial charge < -0.3 is 20.6 Å². The van der Waals surface area contributed by atoms with Gasteiger partial charge in [0.25, 0.3) is 5.91 Å². The zero-order chi connectivity index (χ0) is 21.9. The lowest BCUT2D eigenvalue weighted by Crippen LogP contribution is -2.38. The van der Waals surface area contributed by atoms with Crippen LogP contribution >= 0.6 is 0 Å². The van der Waals surface area contributed by atoms with Crippen LogP contribution in [0.2, 0.25) is 0 Å². The maximum atomic E-state index is 12.8. The monoisotopic (exact) mass is 422 g/mol. The molecule has 1 amide bonds. The van der Waals surface area contributed by atoms with Gasteiger partial charge in [-0.3, -0.25) is 4.79 Å². The second-order valence-electron chi connectivity index (χ2n) is 7.89. The number of carbonyl (C=O) groups excluding carboxylic acids is 1. The highest BCUT2D eigenvalue weighted by Gasteiger charge is 2.18. The summed E-state index contributed by atoms with van der Waals surface area (Å²) in [5.74, 6) is 0.820.